The largest absolute Gasteiger partial charge is 0.383 e. The smallest absolute Gasteiger partial charge is 0.271 e. The Hall–Kier alpha value is -2.08. The highest BCUT2D eigenvalue weighted by molar-refractivity contribution is 6.33. The average molecular weight is 294 g/mol. The molecule has 0 spiro atoms. The van der Waals surface area contributed by atoms with E-state index in [-0.39, 0.29) is 5.91 Å². The number of nitrogens with zero attached hydrogens (tertiary/aromatic N) is 3. The van der Waals surface area contributed by atoms with Crippen LogP contribution in [-0.4, -0.2) is 33.8 Å². The van der Waals surface area contributed by atoms with Crippen molar-refractivity contribution in [3.05, 3.63) is 40.9 Å². The van der Waals surface area contributed by atoms with Crippen LogP contribution in [0.3, 0.4) is 0 Å². The Bertz CT molecular complexity index is 591. The zero-order valence-corrected chi connectivity index (χ0v) is 12.1. The van der Waals surface area contributed by atoms with E-state index in [2.05, 4.69) is 20.7 Å². The summed E-state index contributed by atoms with van der Waals surface area (Å²) in [5.74, 6) is -0.233. The number of hydrogen-bond donors (Lipinski definition) is 2. The maximum absolute atomic E-state index is 11.9. The summed E-state index contributed by atoms with van der Waals surface area (Å²) in [4.78, 5) is 16.0. The first kappa shape index (κ1) is 14.3. The summed E-state index contributed by atoms with van der Waals surface area (Å²) in [5, 5.41) is 10.3. The normalized spacial score (nSPS) is 10.3. The van der Waals surface area contributed by atoms with Crippen molar-refractivity contribution in [2.75, 3.05) is 18.4 Å². The quantitative estimate of drug-likeness (QED) is 0.822. The first-order valence-electron chi connectivity index (χ1n) is 6.19. The van der Waals surface area contributed by atoms with E-state index in [1.54, 1.807) is 19.4 Å². The topological polar surface area (TPSA) is 71.8 Å². The number of pyridine rings is 1. The van der Waals surface area contributed by atoms with Crippen LogP contribution in [0.2, 0.25) is 5.02 Å². The van der Waals surface area contributed by atoms with Crippen LogP contribution in [0.5, 0.6) is 0 Å². The summed E-state index contributed by atoms with van der Waals surface area (Å²) in [6, 6.07) is 1.90. The molecular weight excluding hydrogens is 278 g/mol. The first-order chi connectivity index (χ1) is 9.59. The lowest BCUT2D eigenvalue weighted by Gasteiger charge is -2.10. The lowest BCUT2D eigenvalue weighted by molar-refractivity contribution is 0.0946. The average Bonchev–Trinajstić information content (AvgIpc) is 2.76. The summed E-state index contributed by atoms with van der Waals surface area (Å²) < 4.78 is 1.46. The van der Waals surface area contributed by atoms with Gasteiger partial charge in [0.1, 0.15) is 5.69 Å². The fourth-order valence-corrected chi connectivity index (χ4v) is 2.05. The number of rotatable bonds is 5. The molecule has 0 saturated heterocycles. The van der Waals surface area contributed by atoms with Gasteiger partial charge in [-0.15, -0.1) is 0 Å². The number of halogens is 1. The van der Waals surface area contributed by atoms with Gasteiger partial charge in [0.2, 0.25) is 0 Å². The maximum Gasteiger partial charge on any atom is 0.271 e. The zero-order chi connectivity index (χ0) is 14.5. The monoisotopic (exact) mass is 293 g/mol. The van der Waals surface area contributed by atoms with Crippen molar-refractivity contribution in [1.29, 1.82) is 0 Å². The van der Waals surface area contributed by atoms with E-state index in [4.69, 9.17) is 11.6 Å². The molecule has 0 aliphatic carbocycles. The molecule has 0 bridgehead atoms. The van der Waals surface area contributed by atoms with Crippen molar-refractivity contribution in [2.24, 2.45) is 7.05 Å². The number of carbonyl (C=O) groups is 1. The van der Waals surface area contributed by atoms with Crippen LogP contribution in [0, 0.1) is 6.92 Å². The third-order valence-electron chi connectivity index (χ3n) is 2.86. The van der Waals surface area contributed by atoms with Crippen LogP contribution in [-0.2, 0) is 7.05 Å². The molecule has 0 saturated carbocycles. The number of hydrogen-bond acceptors (Lipinski definition) is 4. The van der Waals surface area contributed by atoms with Gasteiger partial charge in [0, 0.05) is 38.2 Å². The Labute approximate surface area is 122 Å². The fourth-order valence-electron chi connectivity index (χ4n) is 1.79. The van der Waals surface area contributed by atoms with Gasteiger partial charge in [0.05, 0.1) is 11.2 Å². The molecule has 2 aromatic rings. The van der Waals surface area contributed by atoms with Gasteiger partial charge in [-0.05, 0) is 18.6 Å². The van der Waals surface area contributed by atoms with Crippen LogP contribution >= 0.6 is 11.6 Å². The molecule has 6 nitrogen and oxygen atoms in total. The van der Waals surface area contributed by atoms with Crippen LogP contribution in [0.1, 0.15) is 16.1 Å². The second-order valence-corrected chi connectivity index (χ2v) is 4.75. The number of anilines is 1. The molecule has 20 heavy (non-hydrogen) atoms. The van der Waals surface area contributed by atoms with E-state index in [9.17, 15) is 4.79 Å². The van der Waals surface area contributed by atoms with E-state index in [0.29, 0.717) is 23.8 Å². The molecule has 0 unspecified atom stereocenters. The fraction of sp³-hybridized carbons (Fsp3) is 0.308. The van der Waals surface area contributed by atoms with E-state index >= 15 is 0 Å². The molecule has 0 aliphatic rings. The SMILES string of the molecule is Cc1cnccc1NCCNC(=O)c1c(Cl)cnn1C. The van der Waals surface area contributed by atoms with Crippen molar-refractivity contribution in [1.82, 2.24) is 20.1 Å². The van der Waals surface area contributed by atoms with Gasteiger partial charge in [-0.1, -0.05) is 11.6 Å². The Morgan fingerprint density at radius 1 is 1.40 bits per heavy atom. The van der Waals surface area contributed by atoms with Crippen LogP contribution in [0.15, 0.2) is 24.7 Å². The molecule has 1 amide bonds. The van der Waals surface area contributed by atoms with Gasteiger partial charge in [0.25, 0.3) is 5.91 Å². The summed E-state index contributed by atoms with van der Waals surface area (Å²) in [5.41, 5.74) is 2.44. The highest BCUT2D eigenvalue weighted by Gasteiger charge is 2.14. The molecule has 2 heterocycles. The maximum atomic E-state index is 11.9. The lowest BCUT2D eigenvalue weighted by atomic mass is 10.2. The minimum atomic E-state index is -0.233. The predicted octanol–water partition coefficient (Wildman–Crippen LogP) is 1.62. The number of aromatic nitrogens is 3. The van der Waals surface area contributed by atoms with Crippen LogP contribution < -0.4 is 10.6 Å². The van der Waals surface area contributed by atoms with Crippen molar-refractivity contribution >= 4 is 23.2 Å². The highest BCUT2D eigenvalue weighted by atomic mass is 35.5. The number of nitrogens with one attached hydrogen (secondary N) is 2. The molecule has 0 aromatic carbocycles. The lowest BCUT2D eigenvalue weighted by Crippen LogP contribution is -2.30. The molecule has 2 aromatic heterocycles. The van der Waals surface area contributed by atoms with Gasteiger partial charge in [-0.2, -0.15) is 5.10 Å². The molecule has 7 heteroatoms. The summed E-state index contributed by atoms with van der Waals surface area (Å²) in [6.45, 7) is 3.08. The second kappa shape index (κ2) is 6.38. The van der Waals surface area contributed by atoms with Crippen molar-refractivity contribution in [2.45, 2.75) is 6.92 Å². The minimum Gasteiger partial charge on any atom is -0.383 e. The van der Waals surface area contributed by atoms with Crippen LogP contribution in [0.4, 0.5) is 5.69 Å². The summed E-state index contributed by atoms with van der Waals surface area (Å²) in [6.07, 6.45) is 4.97. The summed E-state index contributed by atoms with van der Waals surface area (Å²) in [7, 11) is 1.68. The van der Waals surface area contributed by atoms with Gasteiger partial charge >= 0.3 is 0 Å². The highest BCUT2D eigenvalue weighted by Crippen LogP contribution is 2.13. The van der Waals surface area contributed by atoms with Crippen molar-refractivity contribution in [3.8, 4) is 0 Å². The predicted molar refractivity (Wildman–Crippen MR) is 78.0 cm³/mol. The van der Waals surface area contributed by atoms with Gasteiger partial charge < -0.3 is 10.6 Å². The van der Waals surface area contributed by atoms with Crippen molar-refractivity contribution < 1.29 is 4.79 Å². The standard InChI is InChI=1S/C13H16ClN5O/c1-9-7-15-4-3-11(9)16-5-6-17-13(20)12-10(14)8-18-19(12)2/h3-4,7-8H,5-6H2,1-2H3,(H,15,16)(H,17,20). The van der Waals surface area contributed by atoms with E-state index in [0.717, 1.165) is 11.3 Å². The van der Waals surface area contributed by atoms with Crippen molar-refractivity contribution in [3.63, 3.8) is 0 Å². The van der Waals surface area contributed by atoms with Gasteiger partial charge in [-0.25, -0.2) is 0 Å². The van der Waals surface area contributed by atoms with E-state index < -0.39 is 0 Å². The minimum absolute atomic E-state index is 0.233. The van der Waals surface area contributed by atoms with Gasteiger partial charge in [0.15, 0.2) is 0 Å². The van der Waals surface area contributed by atoms with E-state index in [1.807, 2.05) is 13.0 Å². The van der Waals surface area contributed by atoms with Crippen LogP contribution in [0.25, 0.3) is 0 Å². The Morgan fingerprint density at radius 3 is 2.85 bits per heavy atom. The Morgan fingerprint density at radius 2 is 2.20 bits per heavy atom. The molecule has 0 atom stereocenters. The van der Waals surface area contributed by atoms with Gasteiger partial charge in [-0.3, -0.25) is 14.5 Å². The molecule has 0 fully saturated rings. The second-order valence-electron chi connectivity index (χ2n) is 4.34. The Balaban J connectivity index is 1.82. The number of carbonyl (C=O) groups excluding carboxylic acids is 1. The number of amides is 1. The molecule has 106 valence electrons. The summed E-state index contributed by atoms with van der Waals surface area (Å²) >= 11 is 5.90. The zero-order valence-electron chi connectivity index (χ0n) is 11.4. The Kier molecular flexibility index (Phi) is 4.57. The molecular formula is C13H16ClN5O. The molecule has 2 N–H and O–H groups in total. The molecule has 0 aliphatic heterocycles. The third kappa shape index (κ3) is 3.27. The first-order valence-corrected chi connectivity index (χ1v) is 6.57. The van der Waals surface area contributed by atoms with E-state index in [1.165, 1.54) is 10.9 Å². The number of aryl methyl sites for hydroxylation is 2. The molecule has 0 radical (unpaired) electrons. The molecule has 2 rings (SSSR count). The third-order valence-corrected chi connectivity index (χ3v) is 3.13.